The van der Waals surface area contributed by atoms with Crippen LogP contribution >= 0.6 is 24.8 Å². The molecule has 3 rings (SSSR count). The summed E-state index contributed by atoms with van der Waals surface area (Å²) in [5.41, 5.74) is 5.96. The Morgan fingerprint density at radius 1 is 0.862 bits per heavy atom. The highest BCUT2D eigenvalue weighted by Gasteiger charge is 2.40. The van der Waals surface area contributed by atoms with Crippen LogP contribution in [0.1, 0.15) is 22.3 Å². The lowest BCUT2D eigenvalue weighted by Crippen LogP contribution is -2.36. The number of carboxylic acids is 1. The number of aliphatic carboxylic acids is 1. The number of rotatable bonds is 7. The standard InChI is InChI=1S/C22H21NO4.2ClH/c23-14-16-9-11-17(12-10-16)15-27-20-8-4-7-19(13-20)22(26,21(24)25)18-5-2-1-3-6-18;;/h1-13,26H,14-15,23H2,(H,24,25);2*1H. The van der Waals surface area contributed by atoms with Gasteiger partial charge >= 0.3 is 5.97 Å². The molecule has 5 nitrogen and oxygen atoms in total. The van der Waals surface area contributed by atoms with E-state index in [4.69, 9.17) is 10.5 Å². The van der Waals surface area contributed by atoms with Crippen LogP contribution in [0.4, 0.5) is 0 Å². The van der Waals surface area contributed by atoms with E-state index < -0.39 is 11.6 Å². The molecule has 0 amide bonds. The number of carboxylic acid groups (broad SMARTS) is 1. The van der Waals surface area contributed by atoms with Crippen LogP contribution in [-0.2, 0) is 23.5 Å². The molecule has 0 spiro atoms. The molecule has 4 N–H and O–H groups in total. The molecule has 1 unspecified atom stereocenters. The van der Waals surface area contributed by atoms with Crippen molar-refractivity contribution in [3.63, 3.8) is 0 Å². The summed E-state index contributed by atoms with van der Waals surface area (Å²) < 4.78 is 5.78. The van der Waals surface area contributed by atoms with Crippen LogP contribution in [0.3, 0.4) is 0 Å². The molecular weight excluding hydrogens is 413 g/mol. The summed E-state index contributed by atoms with van der Waals surface area (Å²) in [7, 11) is 0. The average molecular weight is 436 g/mol. The predicted molar refractivity (Wildman–Crippen MR) is 117 cm³/mol. The fraction of sp³-hybridized carbons (Fsp3) is 0.136. The Bertz CT molecular complexity index is 920. The maximum Gasteiger partial charge on any atom is 0.345 e. The van der Waals surface area contributed by atoms with E-state index in [1.165, 1.54) is 0 Å². The summed E-state index contributed by atoms with van der Waals surface area (Å²) in [6, 6.07) is 22.6. The number of ether oxygens (including phenoxy) is 1. The molecular formula is C22H23Cl2NO4. The highest BCUT2D eigenvalue weighted by atomic mass is 35.5. The monoisotopic (exact) mass is 435 g/mol. The van der Waals surface area contributed by atoms with Crippen molar-refractivity contribution in [1.82, 2.24) is 0 Å². The lowest BCUT2D eigenvalue weighted by molar-refractivity contribution is -0.155. The van der Waals surface area contributed by atoms with Crippen molar-refractivity contribution < 1.29 is 19.7 Å². The quantitative estimate of drug-likeness (QED) is 0.523. The highest BCUT2D eigenvalue weighted by Crippen LogP contribution is 2.32. The Morgan fingerprint density at radius 3 is 2.03 bits per heavy atom. The molecule has 29 heavy (non-hydrogen) atoms. The van der Waals surface area contributed by atoms with Gasteiger partial charge in [0.2, 0.25) is 5.60 Å². The third kappa shape index (κ3) is 5.49. The number of aliphatic hydroxyl groups is 1. The minimum Gasteiger partial charge on any atom is -0.489 e. The van der Waals surface area contributed by atoms with E-state index in [1.54, 1.807) is 54.6 Å². The zero-order chi connectivity index (χ0) is 19.3. The molecule has 0 fully saturated rings. The normalized spacial score (nSPS) is 12.1. The van der Waals surface area contributed by atoms with Crippen LogP contribution in [0.5, 0.6) is 5.75 Å². The van der Waals surface area contributed by atoms with Crippen molar-refractivity contribution in [2.75, 3.05) is 0 Å². The molecule has 0 aliphatic rings. The highest BCUT2D eigenvalue weighted by molar-refractivity contribution is 5.85. The van der Waals surface area contributed by atoms with Crippen LogP contribution < -0.4 is 10.5 Å². The van der Waals surface area contributed by atoms with Gasteiger partial charge in [-0.1, -0.05) is 66.7 Å². The molecule has 3 aromatic rings. The van der Waals surface area contributed by atoms with Gasteiger partial charge in [-0.3, -0.25) is 0 Å². The number of halogens is 2. The SMILES string of the molecule is Cl.Cl.NCc1ccc(COc2cccc(C(O)(C(=O)O)c3ccccc3)c2)cc1. The third-order valence-electron chi connectivity index (χ3n) is 4.42. The zero-order valence-electron chi connectivity index (χ0n) is 15.5. The Kier molecular flexibility index (Phi) is 9.14. The molecule has 1 atom stereocenters. The van der Waals surface area contributed by atoms with E-state index in [0.717, 1.165) is 11.1 Å². The van der Waals surface area contributed by atoms with Gasteiger partial charge in [-0.25, -0.2) is 4.79 Å². The van der Waals surface area contributed by atoms with E-state index in [0.29, 0.717) is 18.9 Å². The Hall–Kier alpha value is -2.57. The van der Waals surface area contributed by atoms with Gasteiger partial charge in [-0.05, 0) is 28.8 Å². The van der Waals surface area contributed by atoms with Crippen molar-refractivity contribution in [2.24, 2.45) is 5.73 Å². The number of hydrogen-bond acceptors (Lipinski definition) is 4. The third-order valence-corrected chi connectivity index (χ3v) is 4.42. The number of hydrogen-bond donors (Lipinski definition) is 3. The maximum atomic E-state index is 11.9. The molecule has 0 heterocycles. The molecule has 0 aromatic heterocycles. The summed E-state index contributed by atoms with van der Waals surface area (Å²) in [4.78, 5) is 11.9. The van der Waals surface area contributed by atoms with Crippen molar-refractivity contribution in [1.29, 1.82) is 0 Å². The van der Waals surface area contributed by atoms with Crippen LogP contribution in [0.15, 0.2) is 78.9 Å². The Morgan fingerprint density at radius 2 is 1.45 bits per heavy atom. The minimum absolute atomic E-state index is 0. The first kappa shape index (κ1) is 24.5. The molecule has 0 saturated heterocycles. The molecule has 0 radical (unpaired) electrons. The fourth-order valence-electron chi connectivity index (χ4n) is 2.84. The van der Waals surface area contributed by atoms with Gasteiger partial charge in [0, 0.05) is 12.1 Å². The van der Waals surface area contributed by atoms with E-state index in [-0.39, 0.29) is 35.9 Å². The van der Waals surface area contributed by atoms with Gasteiger partial charge in [0.05, 0.1) is 0 Å². The number of carbonyl (C=O) groups is 1. The lowest BCUT2D eigenvalue weighted by Gasteiger charge is -2.25. The van der Waals surface area contributed by atoms with E-state index in [2.05, 4.69) is 0 Å². The summed E-state index contributed by atoms with van der Waals surface area (Å²) in [6.07, 6.45) is 0. The second-order valence-corrected chi connectivity index (χ2v) is 6.22. The topological polar surface area (TPSA) is 92.8 Å². The van der Waals surface area contributed by atoms with Crippen LogP contribution in [0, 0.1) is 0 Å². The molecule has 3 aromatic carbocycles. The lowest BCUT2D eigenvalue weighted by atomic mass is 9.86. The van der Waals surface area contributed by atoms with Crippen molar-refractivity contribution in [3.05, 3.63) is 101 Å². The van der Waals surface area contributed by atoms with Gasteiger partial charge in [-0.2, -0.15) is 0 Å². The minimum atomic E-state index is -2.15. The van der Waals surface area contributed by atoms with Crippen LogP contribution in [0.25, 0.3) is 0 Å². The summed E-state index contributed by atoms with van der Waals surface area (Å²) in [5.74, 6) is -0.866. The molecule has 154 valence electrons. The largest absolute Gasteiger partial charge is 0.489 e. The second kappa shape index (κ2) is 10.8. The molecule has 0 aliphatic heterocycles. The van der Waals surface area contributed by atoms with Gasteiger partial charge in [0.1, 0.15) is 12.4 Å². The second-order valence-electron chi connectivity index (χ2n) is 6.22. The fourth-order valence-corrected chi connectivity index (χ4v) is 2.84. The van der Waals surface area contributed by atoms with Crippen LogP contribution in [0.2, 0.25) is 0 Å². The smallest absolute Gasteiger partial charge is 0.345 e. The van der Waals surface area contributed by atoms with Gasteiger partial charge in [0.15, 0.2) is 0 Å². The molecule has 7 heteroatoms. The Labute approximate surface area is 182 Å². The Balaban J connectivity index is 0.00000210. The summed E-state index contributed by atoms with van der Waals surface area (Å²) >= 11 is 0. The van der Waals surface area contributed by atoms with E-state index in [1.807, 2.05) is 24.3 Å². The molecule has 0 aliphatic carbocycles. The van der Waals surface area contributed by atoms with E-state index in [9.17, 15) is 15.0 Å². The van der Waals surface area contributed by atoms with Crippen LogP contribution in [-0.4, -0.2) is 16.2 Å². The number of nitrogens with two attached hydrogens (primary N) is 1. The van der Waals surface area contributed by atoms with E-state index >= 15 is 0 Å². The van der Waals surface area contributed by atoms with Crippen molar-refractivity contribution in [2.45, 2.75) is 18.8 Å². The summed E-state index contributed by atoms with van der Waals surface area (Å²) in [6.45, 7) is 0.807. The predicted octanol–water partition coefficient (Wildman–Crippen LogP) is 3.89. The maximum absolute atomic E-state index is 11.9. The first-order valence-electron chi connectivity index (χ1n) is 8.56. The van der Waals surface area contributed by atoms with Gasteiger partial charge < -0.3 is 20.7 Å². The summed E-state index contributed by atoms with van der Waals surface area (Å²) in [5, 5.41) is 20.6. The average Bonchev–Trinajstić information content (AvgIpc) is 2.72. The first-order chi connectivity index (χ1) is 13.0. The molecule has 0 bridgehead atoms. The first-order valence-corrected chi connectivity index (χ1v) is 8.56. The van der Waals surface area contributed by atoms with Crippen molar-refractivity contribution in [3.8, 4) is 5.75 Å². The zero-order valence-corrected chi connectivity index (χ0v) is 17.2. The molecule has 0 saturated carbocycles. The number of benzene rings is 3. The van der Waals surface area contributed by atoms with Gasteiger partial charge in [-0.15, -0.1) is 24.8 Å². The van der Waals surface area contributed by atoms with Gasteiger partial charge in [0.25, 0.3) is 0 Å². The van der Waals surface area contributed by atoms with Crippen molar-refractivity contribution >= 4 is 30.8 Å².